The molecule has 0 saturated carbocycles. The third kappa shape index (κ3) is 3.16. The molecule has 0 aromatic heterocycles. The molecule has 1 N–H and O–H groups in total. The number of hydrogen-bond acceptors (Lipinski definition) is 6. The average molecular weight is 311 g/mol. The Morgan fingerprint density at radius 3 is 2.83 bits per heavy atom. The molecule has 1 aliphatic rings. The van der Waals surface area contributed by atoms with Crippen LogP contribution in [0, 0.1) is 21.4 Å². The molecule has 0 amide bonds. The number of benzene rings is 2. The van der Waals surface area contributed by atoms with Crippen LogP contribution in [0.2, 0.25) is 0 Å². The van der Waals surface area contributed by atoms with Crippen molar-refractivity contribution in [1.82, 2.24) is 0 Å². The van der Waals surface area contributed by atoms with E-state index in [0.29, 0.717) is 24.4 Å². The van der Waals surface area contributed by atoms with Crippen LogP contribution in [-0.4, -0.2) is 18.3 Å². The monoisotopic (exact) mass is 311 g/mol. The molecule has 7 heteroatoms. The van der Waals surface area contributed by atoms with Gasteiger partial charge in [0.2, 0.25) is 6.79 Å². The molecule has 0 bridgehead atoms. The second kappa shape index (κ2) is 6.23. The lowest BCUT2D eigenvalue weighted by Gasteiger charge is -2.08. The van der Waals surface area contributed by atoms with Gasteiger partial charge in [-0.3, -0.25) is 10.1 Å². The highest BCUT2D eigenvalue weighted by Gasteiger charge is 2.15. The molecule has 2 aromatic rings. The molecule has 116 valence electrons. The van der Waals surface area contributed by atoms with Crippen molar-refractivity contribution in [2.24, 2.45) is 0 Å². The number of nitrogens with zero attached hydrogens (tertiary/aromatic N) is 2. The first-order valence-electron chi connectivity index (χ1n) is 6.98. The van der Waals surface area contributed by atoms with Crippen molar-refractivity contribution in [2.75, 3.05) is 18.7 Å². The molecular weight excluding hydrogens is 298 g/mol. The standard InChI is InChI=1S/C16H13N3O4/c17-9-12-1-3-13(14(7-12)19(20)21)18-6-5-11-2-4-15-16(8-11)23-10-22-15/h1-4,7-8,18H,5-6,10H2. The zero-order chi connectivity index (χ0) is 16.2. The van der Waals surface area contributed by atoms with E-state index >= 15 is 0 Å². The summed E-state index contributed by atoms with van der Waals surface area (Å²) in [6.45, 7) is 0.751. The molecule has 23 heavy (non-hydrogen) atoms. The number of rotatable bonds is 5. The predicted octanol–water partition coefficient (Wildman–Crippen LogP) is 2.85. The zero-order valence-electron chi connectivity index (χ0n) is 12.1. The summed E-state index contributed by atoms with van der Waals surface area (Å²) >= 11 is 0. The molecule has 0 unspecified atom stereocenters. The fourth-order valence-corrected chi connectivity index (χ4v) is 2.34. The van der Waals surface area contributed by atoms with E-state index in [1.165, 1.54) is 6.07 Å². The minimum absolute atomic E-state index is 0.102. The zero-order valence-corrected chi connectivity index (χ0v) is 12.1. The predicted molar refractivity (Wildman–Crippen MR) is 82.6 cm³/mol. The summed E-state index contributed by atoms with van der Waals surface area (Å²) in [5.74, 6) is 1.44. The molecule has 0 radical (unpaired) electrons. The molecule has 2 aromatic carbocycles. The average Bonchev–Trinajstić information content (AvgIpc) is 3.02. The lowest BCUT2D eigenvalue weighted by atomic mass is 10.1. The van der Waals surface area contributed by atoms with E-state index in [0.717, 1.165) is 11.3 Å². The fraction of sp³-hybridized carbons (Fsp3) is 0.188. The Morgan fingerprint density at radius 2 is 2.04 bits per heavy atom. The molecule has 0 aliphatic carbocycles. The van der Waals surface area contributed by atoms with Crippen LogP contribution in [-0.2, 0) is 6.42 Å². The van der Waals surface area contributed by atoms with Crippen molar-refractivity contribution >= 4 is 11.4 Å². The molecular formula is C16H13N3O4. The normalized spacial score (nSPS) is 11.8. The van der Waals surface area contributed by atoms with Crippen LogP contribution in [0.25, 0.3) is 0 Å². The maximum atomic E-state index is 11.1. The van der Waals surface area contributed by atoms with Gasteiger partial charge in [0.05, 0.1) is 16.6 Å². The van der Waals surface area contributed by atoms with E-state index in [-0.39, 0.29) is 18.0 Å². The largest absolute Gasteiger partial charge is 0.454 e. The molecule has 7 nitrogen and oxygen atoms in total. The van der Waals surface area contributed by atoms with E-state index in [1.54, 1.807) is 12.1 Å². The van der Waals surface area contributed by atoms with Crippen molar-refractivity contribution in [2.45, 2.75) is 6.42 Å². The number of ether oxygens (including phenoxy) is 2. The number of anilines is 1. The van der Waals surface area contributed by atoms with Gasteiger partial charge < -0.3 is 14.8 Å². The van der Waals surface area contributed by atoms with Gasteiger partial charge >= 0.3 is 0 Å². The second-order valence-electron chi connectivity index (χ2n) is 4.97. The highest BCUT2D eigenvalue weighted by Crippen LogP contribution is 2.32. The van der Waals surface area contributed by atoms with Gasteiger partial charge in [0.1, 0.15) is 5.69 Å². The van der Waals surface area contributed by atoms with Gasteiger partial charge in [0.15, 0.2) is 11.5 Å². The number of nitro benzene ring substituents is 1. The van der Waals surface area contributed by atoms with Crippen LogP contribution in [0.3, 0.4) is 0 Å². The molecule has 0 atom stereocenters. The molecule has 1 heterocycles. The number of nitrogens with one attached hydrogen (secondary N) is 1. The van der Waals surface area contributed by atoms with Crippen molar-refractivity contribution in [3.8, 4) is 17.6 Å². The van der Waals surface area contributed by atoms with Crippen LogP contribution >= 0.6 is 0 Å². The van der Waals surface area contributed by atoms with Crippen molar-refractivity contribution < 1.29 is 14.4 Å². The van der Waals surface area contributed by atoms with Crippen LogP contribution in [0.5, 0.6) is 11.5 Å². The van der Waals surface area contributed by atoms with Crippen molar-refractivity contribution in [3.05, 3.63) is 57.6 Å². The molecule has 1 aliphatic heterocycles. The van der Waals surface area contributed by atoms with Gasteiger partial charge in [0.25, 0.3) is 5.69 Å². The Balaban J connectivity index is 1.67. The van der Waals surface area contributed by atoms with Gasteiger partial charge in [0, 0.05) is 12.6 Å². The van der Waals surface area contributed by atoms with Crippen LogP contribution < -0.4 is 14.8 Å². The minimum Gasteiger partial charge on any atom is -0.454 e. The third-order valence-electron chi connectivity index (χ3n) is 3.49. The fourth-order valence-electron chi connectivity index (χ4n) is 2.34. The first-order chi connectivity index (χ1) is 11.2. The van der Waals surface area contributed by atoms with Gasteiger partial charge in [-0.25, -0.2) is 0 Å². The van der Waals surface area contributed by atoms with Crippen LogP contribution in [0.15, 0.2) is 36.4 Å². The maximum absolute atomic E-state index is 11.1. The van der Waals surface area contributed by atoms with E-state index in [9.17, 15) is 10.1 Å². The first kappa shape index (κ1) is 14.7. The summed E-state index contributed by atoms with van der Waals surface area (Å²) in [7, 11) is 0. The van der Waals surface area contributed by atoms with Gasteiger partial charge in [-0.1, -0.05) is 6.07 Å². The van der Waals surface area contributed by atoms with Crippen molar-refractivity contribution in [3.63, 3.8) is 0 Å². The molecule has 0 spiro atoms. The first-order valence-corrected chi connectivity index (χ1v) is 6.98. The minimum atomic E-state index is -0.496. The highest BCUT2D eigenvalue weighted by molar-refractivity contribution is 5.64. The van der Waals surface area contributed by atoms with Crippen LogP contribution in [0.4, 0.5) is 11.4 Å². The lowest BCUT2D eigenvalue weighted by molar-refractivity contribution is -0.384. The third-order valence-corrected chi connectivity index (χ3v) is 3.49. The summed E-state index contributed by atoms with van der Waals surface area (Å²) in [6.07, 6.45) is 0.674. The Bertz CT molecular complexity index is 798. The quantitative estimate of drug-likeness (QED) is 0.673. The summed E-state index contributed by atoms with van der Waals surface area (Å²) in [5.41, 5.74) is 1.60. The lowest BCUT2D eigenvalue weighted by Crippen LogP contribution is -2.07. The van der Waals surface area contributed by atoms with E-state index in [2.05, 4.69) is 5.32 Å². The Kier molecular flexibility index (Phi) is 3.97. The summed E-state index contributed by atoms with van der Waals surface area (Å²) in [6, 6.07) is 11.9. The van der Waals surface area contributed by atoms with Gasteiger partial charge in [-0.05, 0) is 36.2 Å². The summed E-state index contributed by atoms with van der Waals surface area (Å²) < 4.78 is 10.6. The smallest absolute Gasteiger partial charge is 0.293 e. The number of nitriles is 1. The Labute approximate surface area is 132 Å². The van der Waals surface area contributed by atoms with Gasteiger partial charge in [-0.2, -0.15) is 5.26 Å². The van der Waals surface area contributed by atoms with E-state index in [1.807, 2.05) is 24.3 Å². The Hall–Kier alpha value is -3.27. The molecule has 0 fully saturated rings. The van der Waals surface area contributed by atoms with Crippen molar-refractivity contribution in [1.29, 1.82) is 5.26 Å². The second-order valence-corrected chi connectivity index (χ2v) is 4.97. The summed E-state index contributed by atoms with van der Waals surface area (Å²) in [5, 5.41) is 22.9. The van der Waals surface area contributed by atoms with Gasteiger partial charge in [-0.15, -0.1) is 0 Å². The topological polar surface area (TPSA) is 97.4 Å². The maximum Gasteiger partial charge on any atom is 0.293 e. The number of fused-ring (bicyclic) bond motifs is 1. The number of hydrogen-bond donors (Lipinski definition) is 1. The Morgan fingerprint density at radius 1 is 1.22 bits per heavy atom. The number of nitro groups is 1. The highest BCUT2D eigenvalue weighted by atomic mass is 16.7. The SMILES string of the molecule is N#Cc1ccc(NCCc2ccc3c(c2)OCO3)c([N+](=O)[O-])c1. The van der Waals surface area contributed by atoms with E-state index in [4.69, 9.17) is 14.7 Å². The molecule has 3 rings (SSSR count). The van der Waals surface area contributed by atoms with E-state index < -0.39 is 4.92 Å². The van der Waals surface area contributed by atoms with Crippen LogP contribution in [0.1, 0.15) is 11.1 Å². The summed E-state index contributed by atoms with van der Waals surface area (Å²) in [4.78, 5) is 10.6. The molecule has 0 saturated heterocycles.